The number of amidine groups is 1. The number of rotatable bonds is 6. The fraction of sp³-hybridized carbons (Fsp3) is 0.469. The highest BCUT2D eigenvalue weighted by Gasteiger charge is 2.46. The van der Waals surface area contributed by atoms with Crippen molar-refractivity contribution in [1.82, 2.24) is 14.5 Å². The Morgan fingerprint density at radius 1 is 1.05 bits per heavy atom. The van der Waals surface area contributed by atoms with Gasteiger partial charge in [0, 0.05) is 37.3 Å². The number of hydrogen-bond donors (Lipinski definition) is 2. The predicted molar refractivity (Wildman–Crippen MR) is 163 cm³/mol. The third kappa shape index (κ3) is 5.89. The van der Waals surface area contributed by atoms with Crippen LogP contribution < -0.4 is 5.32 Å². The second-order valence-electron chi connectivity index (χ2n) is 11.8. The molecule has 2 aromatic carbocycles. The van der Waals surface area contributed by atoms with Crippen LogP contribution >= 0.6 is 11.9 Å². The van der Waals surface area contributed by atoms with E-state index in [2.05, 4.69) is 15.7 Å². The first-order chi connectivity index (χ1) is 19.9. The summed E-state index contributed by atoms with van der Waals surface area (Å²) in [5, 5.41) is 15.1. The van der Waals surface area contributed by atoms with E-state index in [4.69, 9.17) is 4.99 Å². The van der Waals surface area contributed by atoms with Gasteiger partial charge in [-0.05, 0) is 117 Å². The number of nitrogens with zero attached hydrogens (tertiary/aromatic N) is 3. The minimum Gasteiger partial charge on any atom is -0.387 e. The highest BCUT2D eigenvalue weighted by Crippen LogP contribution is 2.34. The molecule has 0 atom stereocenters. The molecule has 0 bridgehead atoms. The first-order valence-electron chi connectivity index (χ1n) is 14.4. The Morgan fingerprint density at radius 3 is 2.31 bits per heavy atom. The first-order valence-corrected chi connectivity index (χ1v) is 15.2. The summed E-state index contributed by atoms with van der Waals surface area (Å²) in [5.74, 6) is 0.0658. The molecule has 1 spiro atoms. The molecule has 3 aliphatic heterocycles. The Bertz CT molecular complexity index is 1430. The van der Waals surface area contributed by atoms with Crippen LogP contribution in [0.3, 0.4) is 0 Å². The van der Waals surface area contributed by atoms with Gasteiger partial charge in [-0.2, -0.15) is 0 Å². The van der Waals surface area contributed by atoms with Crippen LogP contribution in [0.25, 0.3) is 6.08 Å². The third-order valence-corrected chi connectivity index (χ3v) is 9.94. The quantitative estimate of drug-likeness (QED) is 0.458. The number of hydrogen-bond acceptors (Lipinski definition) is 6. The molecular formula is C32H38F2N4O3S. The van der Waals surface area contributed by atoms with Crippen molar-refractivity contribution in [2.45, 2.75) is 64.5 Å². The maximum atomic E-state index is 13.9. The molecule has 5 rings (SSSR count). The van der Waals surface area contributed by atoms with Gasteiger partial charge >= 0.3 is 0 Å². The second kappa shape index (κ2) is 11.9. The van der Waals surface area contributed by atoms with E-state index in [9.17, 15) is 23.5 Å². The van der Waals surface area contributed by atoms with Crippen molar-refractivity contribution in [3.8, 4) is 0 Å². The fourth-order valence-corrected chi connectivity index (χ4v) is 6.74. The summed E-state index contributed by atoms with van der Waals surface area (Å²) in [5.41, 5.74) is 3.62. The zero-order valence-electron chi connectivity index (χ0n) is 24.6. The maximum Gasteiger partial charge on any atom is 0.253 e. The van der Waals surface area contributed by atoms with E-state index in [1.54, 1.807) is 29.8 Å². The molecule has 3 heterocycles. The number of aliphatic hydroxyl groups is 1. The SMILES string of the molecule is Cc1cc(C(=O)N2CCC(O)(CF)CC2)cc(C)c1/C=C/SN1CCC2(CC1)N=C(c1ccc(F)c(C)c1C)NC2=O. The Labute approximate surface area is 250 Å². The van der Waals surface area contributed by atoms with Crippen LogP contribution in [-0.2, 0) is 4.79 Å². The van der Waals surface area contributed by atoms with Crippen LogP contribution in [0, 0.1) is 33.5 Å². The summed E-state index contributed by atoms with van der Waals surface area (Å²) in [7, 11) is 0. The van der Waals surface area contributed by atoms with Crippen molar-refractivity contribution in [3.05, 3.63) is 74.4 Å². The molecule has 3 aliphatic rings. The summed E-state index contributed by atoms with van der Waals surface area (Å²) in [6, 6.07) is 6.87. The van der Waals surface area contributed by atoms with E-state index >= 15 is 0 Å². The van der Waals surface area contributed by atoms with Crippen LogP contribution in [0.4, 0.5) is 8.78 Å². The smallest absolute Gasteiger partial charge is 0.253 e. The monoisotopic (exact) mass is 596 g/mol. The number of likely N-dealkylation sites (tertiary alicyclic amines) is 1. The summed E-state index contributed by atoms with van der Waals surface area (Å²) < 4.78 is 29.2. The number of nitrogens with one attached hydrogen (secondary N) is 1. The van der Waals surface area contributed by atoms with Gasteiger partial charge < -0.3 is 15.3 Å². The topological polar surface area (TPSA) is 85.2 Å². The average molecular weight is 597 g/mol. The van der Waals surface area contributed by atoms with Gasteiger partial charge in [-0.3, -0.25) is 14.6 Å². The molecule has 0 unspecified atom stereocenters. The summed E-state index contributed by atoms with van der Waals surface area (Å²) in [4.78, 5) is 32.6. The van der Waals surface area contributed by atoms with Gasteiger partial charge in [0.2, 0.25) is 0 Å². The molecule has 0 aliphatic carbocycles. The van der Waals surface area contributed by atoms with E-state index in [1.807, 2.05) is 38.3 Å². The molecule has 0 radical (unpaired) electrons. The fourth-order valence-electron chi connectivity index (χ4n) is 5.98. The van der Waals surface area contributed by atoms with Gasteiger partial charge in [0.15, 0.2) is 0 Å². The molecule has 0 saturated carbocycles. The van der Waals surface area contributed by atoms with Crippen molar-refractivity contribution in [2.75, 3.05) is 32.9 Å². The zero-order valence-corrected chi connectivity index (χ0v) is 25.4. The maximum absolute atomic E-state index is 13.9. The number of carbonyl (C=O) groups excluding carboxylic acids is 2. The standard InChI is InChI=1S/C32H38F2N4O3S/c1-20-17-24(29(39)37-12-8-31(41,19-33)9-13-37)18-21(2)25(20)7-16-42-38-14-10-32(11-15-38)30(40)35-28(36-32)26-5-6-27(34)23(4)22(26)3/h5-7,16-18,41H,8-15,19H2,1-4H3,(H,35,36,40)/b16-7+. The van der Waals surface area contributed by atoms with Crippen LogP contribution in [-0.4, -0.2) is 76.0 Å². The number of aryl methyl sites for hydroxylation is 2. The summed E-state index contributed by atoms with van der Waals surface area (Å²) in [6.07, 6.45) is 3.73. The highest BCUT2D eigenvalue weighted by atomic mass is 32.2. The van der Waals surface area contributed by atoms with E-state index < -0.39 is 17.8 Å². The molecule has 42 heavy (non-hydrogen) atoms. The van der Waals surface area contributed by atoms with Gasteiger partial charge in [0.1, 0.15) is 23.9 Å². The number of amides is 2. The van der Waals surface area contributed by atoms with E-state index in [1.165, 1.54) is 6.07 Å². The van der Waals surface area contributed by atoms with Crippen molar-refractivity contribution >= 4 is 35.7 Å². The van der Waals surface area contributed by atoms with Crippen LogP contribution in [0.2, 0.25) is 0 Å². The molecule has 10 heteroatoms. The van der Waals surface area contributed by atoms with Crippen molar-refractivity contribution in [1.29, 1.82) is 0 Å². The average Bonchev–Trinajstić information content (AvgIpc) is 3.28. The Hall–Kier alpha value is -3.08. The third-order valence-electron chi connectivity index (χ3n) is 9.02. The molecule has 224 valence electrons. The summed E-state index contributed by atoms with van der Waals surface area (Å²) in [6.45, 7) is 8.82. The van der Waals surface area contributed by atoms with Gasteiger partial charge in [0.25, 0.3) is 11.8 Å². The molecular weight excluding hydrogens is 558 g/mol. The van der Waals surface area contributed by atoms with Crippen molar-refractivity contribution in [2.24, 2.45) is 4.99 Å². The number of benzene rings is 2. The minimum absolute atomic E-state index is 0.0948. The van der Waals surface area contributed by atoms with E-state index in [0.717, 1.165) is 27.8 Å². The number of aliphatic imine (C=N–C) groups is 1. The first kappa shape index (κ1) is 30.4. The normalized spacial score (nSPS) is 20.3. The zero-order chi connectivity index (χ0) is 30.2. The molecule has 7 nitrogen and oxygen atoms in total. The largest absolute Gasteiger partial charge is 0.387 e. The number of alkyl halides is 1. The van der Waals surface area contributed by atoms with Crippen LogP contribution in [0.1, 0.15) is 69.4 Å². The van der Waals surface area contributed by atoms with Gasteiger partial charge in [0.05, 0.1) is 5.60 Å². The lowest BCUT2D eigenvalue weighted by Gasteiger charge is -2.36. The van der Waals surface area contributed by atoms with Crippen molar-refractivity contribution < 1.29 is 23.5 Å². The van der Waals surface area contributed by atoms with E-state index in [0.29, 0.717) is 56.0 Å². The molecule has 2 amide bonds. The van der Waals surface area contributed by atoms with Gasteiger partial charge in [-0.1, -0.05) is 11.9 Å². The van der Waals surface area contributed by atoms with Gasteiger partial charge in [-0.25, -0.2) is 13.1 Å². The minimum atomic E-state index is -1.31. The number of carbonyl (C=O) groups is 2. The molecule has 2 saturated heterocycles. The van der Waals surface area contributed by atoms with Crippen molar-refractivity contribution in [3.63, 3.8) is 0 Å². The van der Waals surface area contributed by atoms with Gasteiger partial charge in [-0.15, -0.1) is 0 Å². The highest BCUT2D eigenvalue weighted by molar-refractivity contribution is 8.00. The molecule has 2 N–H and O–H groups in total. The second-order valence-corrected chi connectivity index (χ2v) is 12.8. The summed E-state index contributed by atoms with van der Waals surface area (Å²) >= 11 is 1.59. The molecule has 0 aromatic heterocycles. The van der Waals surface area contributed by atoms with Crippen LogP contribution in [0.15, 0.2) is 34.7 Å². The molecule has 2 fully saturated rings. The number of piperidine rings is 2. The predicted octanol–water partition coefficient (Wildman–Crippen LogP) is 5.03. The van der Waals surface area contributed by atoms with Crippen LogP contribution in [0.5, 0.6) is 0 Å². The van der Waals surface area contributed by atoms with E-state index in [-0.39, 0.29) is 30.5 Å². The Morgan fingerprint density at radius 2 is 1.69 bits per heavy atom. The molecule has 2 aromatic rings. The lowest BCUT2D eigenvalue weighted by molar-refractivity contribution is -0.124. The Balaban J connectivity index is 1.19. The number of halogens is 2. The lowest BCUT2D eigenvalue weighted by Crippen LogP contribution is -2.47. The lowest BCUT2D eigenvalue weighted by atomic mass is 9.89. The Kier molecular flexibility index (Phi) is 8.60.